The van der Waals surface area contributed by atoms with Crippen molar-refractivity contribution in [2.24, 2.45) is 0 Å². The zero-order valence-electron chi connectivity index (χ0n) is 12.7. The molecule has 0 amide bonds. The molecule has 0 spiro atoms. The summed E-state index contributed by atoms with van der Waals surface area (Å²) in [5.74, 6) is 0. The third-order valence-electron chi connectivity index (χ3n) is 3.24. The monoisotopic (exact) mass is 382 g/mol. The number of unbranched alkanes of at least 4 members (excludes halogenated alkanes) is 6. The number of allylic oxidation sites excluding steroid dienone is 1. The molecule has 108 valence electrons. The van der Waals surface area contributed by atoms with E-state index in [1.165, 1.54) is 44.9 Å². The van der Waals surface area contributed by atoms with E-state index in [-0.39, 0.29) is 0 Å². The van der Waals surface area contributed by atoms with Crippen LogP contribution in [0.3, 0.4) is 0 Å². The molecule has 0 aliphatic carbocycles. The molecule has 0 bridgehead atoms. The van der Waals surface area contributed by atoms with Crippen LogP contribution in [-0.4, -0.2) is 19.8 Å². The summed E-state index contributed by atoms with van der Waals surface area (Å²) in [6, 6.07) is 0. The van der Waals surface area contributed by atoms with E-state index in [2.05, 4.69) is 49.2 Å². The molecule has 0 aromatic heterocycles. The van der Waals surface area contributed by atoms with Gasteiger partial charge >= 0.3 is 0 Å². The van der Waals surface area contributed by atoms with Crippen LogP contribution >= 0.6 is 22.6 Å². The highest BCUT2D eigenvalue weighted by Gasteiger charge is 2.18. The first-order chi connectivity index (χ1) is 8.39. The maximum absolute atomic E-state index is 8.68. The number of aliphatic hydroxyl groups is 1. The van der Waals surface area contributed by atoms with Crippen molar-refractivity contribution in [3.8, 4) is 0 Å². The molecule has 0 fully saturated rings. The lowest BCUT2D eigenvalue weighted by atomic mass is 10.1. The lowest BCUT2D eigenvalue weighted by Gasteiger charge is -2.18. The van der Waals surface area contributed by atoms with Gasteiger partial charge in [0.1, 0.15) is 0 Å². The molecule has 3 heteroatoms. The molecule has 0 radical (unpaired) electrons. The lowest BCUT2D eigenvalue weighted by Crippen LogP contribution is -2.21. The standard InChI is InChI=1S/C15H31IOSi/c1-14(15(16)18(2,3)4)12-10-8-6-5-7-9-11-13-17/h17H,5-13H2,1-4H3/b15-14+. The molecule has 0 aliphatic heterocycles. The number of aliphatic hydroxyl groups excluding tert-OH is 1. The van der Waals surface area contributed by atoms with Crippen molar-refractivity contribution in [3.63, 3.8) is 0 Å². The van der Waals surface area contributed by atoms with E-state index in [4.69, 9.17) is 5.11 Å². The van der Waals surface area contributed by atoms with E-state index >= 15 is 0 Å². The van der Waals surface area contributed by atoms with Crippen molar-refractivity contribution in [3.05, 3.63) is 8.78 Å². The Kier molecular flexibility index (Phi) is 10.8. The van der Waals surface area contributed by atoms with E-state index in [9.17, 15) is 0 Å². The molecule has 18 heavy (non-hydrogen) atoms. The second-order valence-electron chi connectivity index (χ2n) is 6.29. The minimum Gasteiger partial charge on any atom is -0.396 e. The maximum Gasteiger partial charge on any atom is 0.0853 e. The molecule has 0 aromatic carbocycles. The molecule has 0 saturated heterocycles. The van der Waals surface area contributed by atoms with Crippen molar-refractivity contribution < 1.29 is 5.11 Å². The molecular weight excluding hydrogens is 351 g/mol. The third-order valence-corrected chi connectivity index (χ3v) is 10.8. The van der Waals surface area contributed by atoms with Gasteiger partial charge in [-0.15, -0.1) is 0 Å². The highest BCUT2D eigenvalue weighted by atomic mass is 127. The first-order valence-electron chi connectivity index (χ1n) is 7.36. The Morgan fingerprint density at radius 2 is 1.33 bits per heavy atom. The van der Waals surface area contributed by atoms with Crippen molar-refractivity contribution in [1.82, 2.24) is 0 Å². The van der Waals surface area contributed by atoms with Crippen LogP contribution in [0.2, 0.25) is 19.6 Å². The Morgan fingerprint density at radius 3 is 1.78 bits per heavy atom. The maximum atomic E-state index is 8.68. The fourth-order valence-electron chi connectivity index (χ4n) is 2.14. The summed E-state index contributed by atoms with van der Waals surface area (Å²) in [5.41, 5.74) is 1.63. The Bertz CT molecular complexity index is 243. The zero-order chi connectivity index (χ0) is 14.0. The Hall–Kier alpha value is 0.647. The summed E-state index contributed by atoms with van der Waals surface area (Å²) in [4.78, 5) is 0. The summed E-state index contributed by atoms with van der Waals surface area (Å²) in [5, 5.41) is 8.68. The average molecular weight is 382 g/mol. The van der Waals surface area contributed by atoms with Gasteiger partial charge in [0.05, 0.1) is 8.07 Å². The van der Waals surface area contributed by atoms with Gasteiger partial charge in [0.25, 0.3) is 0 Å². The van der Waals surface area contributed by atoms with Gasteiger partial charge in [-0.25, -0.2) is 0 Å². The molecule has 0 heterocycles. The zero-order valence-corrected chi connectivity index (χ0v) is 15.8. The Morgan fingerprint density at radius 1 is 0.889 bits per heavy atom. The lowest BCUT2D eigenvalue weighted by molar-refractivity contribution is 0.282. The van der Waals surface area contributed by atoms with E-state index in [0.717, 1.165) is 6.42 Å². The highest BCUT2D eigenvalue weighted by molar-refractivity contribution is 14.1. The van der Waals surface area contributed by atoms with E-state index in [0.29, 0.717) is 6.61 Å². The molecule has 1 N–H and O–H groups in total. The minimum absolute atomic E-state index is 0.360. The van der Waals surface area contributed by atoms with Crippen molar-refractivity contribution in [2.45, 2.75) is 77.9 Å². The first kappa shape index (κ1) is 18.6. The van der Waals surface area contributed by atoms with Gasteiger partial charge in [-0.1, -0.05) is 79.9 Å². The van der Waals surface area contributed by atoms with Crippen molar-refractivity contribution in [1.29, 1.82) is 0 Å². The molecule has 0 aromatic rings. The first-order valence-corrected chi connectivity index (χ1v) is 11.9. The van der Waals surface area contributed by atoms with Gasteiger partial charge in [0.15, 0.2) is 0 Å². The molecule has 0 rings (SSSR count). The van der Waals surface area contributed by atoms with Crippen LogP contribution in [0.15, 0.2) is 8.78 Å². The van der Waals surface area contributed by atoms with E-state index in [1.807, 2.05) is 0 Å². The van der Waals surface area contributed by atoms with Crippen LogP contribution in [0.4, 0.5) is 0 Å². The van der Waals surface area contributed by atoms with Gasteiger partial charge in [-0.3, -0.25) is 0 Å². The predicted octanol–water partition coefficient (Wildman–Crippen LogP) is 5.69. The fraction of sp³-hybridized carbons (Fsp3) is 0.867. The predicted molar refractivity (Wildman–Crippen MR) is 94.1 cm³/mol. The van der Waals surface area contributed by atoms with Crippen LogP contribution in [0.1, 0.15) is 58.3 Å². The van der Waals surface area contributed by atoms with E-state index < -0.39 is 8.07 Å². The second-order valence-corrected chi connectivity index (χ2v) is 13.4. The van der Waals surface area contributed by atoms with Gasteiger partial charge in [-0.2, -0.15) is 0 Å². The second kappa shape index (κ2) is 10.4. The summed E-state index contributed by atoms with van der Waals surface area (Å²) in [6.07, 6.45) is 10.2. The third kappa shape index (κ3) is 9.56. The Labute approximate surface area is 129 Å². The molecule has 0 saturated carbocycles. The molecular formula is C15H31IOSi. The van der Waals surface area contributed by atoms with Crippen molar-refractivity contribution >= 4 is 30.7 Å². The smallest absolute Gasteiger partial charge is 0.0853 e. The quantitative estimate of drug-likeness (QED) is 0.293. The van der Waals surface area contributed by atoms with Crippen LogP contribution in [-0.2, 0) is 0 Å². The van der Waals surface area contributed by atoms with Gasteiger partial charge in [0, 0.05) is 6.61 Å². The van der Waals surface area contributed by atoms with Crippen LogP contribution < -0.4 is 0 Å². The van der Waals surface area contributed by atoms with E-state index in [1.54, 1.807) is 8.78 Å². The largest absolute Gasteiger partial charge is 0.396 e. The number of halogens is 1. The summed E-state index contributed by atoms with van der Waals surface area (Å²) >= 11 is 2.58. The average Bonchev–Trinajstić information content (AvgIpc) is 2.30. The summed E-state index contributed by atoms with van der Waals surface area (Å²) in [7, 11) is -1.07. The van der Waals surface area contributed by atoms with Crippen molar-refractivity contribution in [2.75, 3.05) is 6.61 Å². The highest BCUT2D eigenvalue weighted by Crippen LogP contribution is 2.27. The summed E-state index contributed by atoms with van der Waals surface area (Å²) in [6.45, 7) is 9.97. The van der Waals surface area contributed by atoms with Crippen LogP contribution in [0.5, 0.6) is 0 Å². The number of rotatable bonds is 10. The van der Waals surface area contributed by atoms with Gasteiger partial charge in [-0.05, 0) is 29.4 Å². The Balaban J connectivity index is 3.61. The SMILES string of the molecule is C/C(CCCCCCCCCO)=C(/I)[Si](C)(C)C. The molecule has 0 aliphatic rings. The van der Waals surface area contributed by atoms with Crippen LogP contribution in [0, 0.1) is 0 Å². The molecule has 0 unspecified atom stereocenters. The fourth-order valence-corrected chi connectivity index (χ4v) is 3.81. The number of hydrogen-bond acceptors (Lipinski definition) is 1. The summed E-state index contributed by atoms with van der Waals surface area (Å²) < 4.78 is 1.67. The molecule has 1 nitrogen and oxygen atoms in total. The topological polar surface area (TPSA) is 20.2 Å². The number of hydrogen-bond donors (Lipinski definition) is 1. The van der Waals surface area contributed by atoms with Gasteiger partial charge in [0.2, 0.25) is 0 Å². The minimum atomic E-state index is -1.07. The molecule has 0 atom stereocenters. The van der Waals surface area contributed by atoms with Crippen LogP contribution in [0.25, 0.3) is 0 Å². The normalized spacial score (nSPS) is 13.7. The van der Waals surface area contributed by atoms with Gasteiger partial charge < -0.3 is 5.11 Å².